The Bertz CT molecular complexity index is 690. The van der Waals surface area contributed by atoms with E-state index in [9.17, 15) is 8.42 Å². The molecule has 1 N–H and O–H groups in total. The molecular formula is C12H10Cl2N2O2S. The van der Waals surface area contributed by atoms with Gasteiger partial charge in [-0.2, -0.15) is 0 Å². The minimum absolute atomic E-state index is 0.0783. The molecule has 0 aliphatic heterocycles. The molecule has 7 heteroatoms. The van der Waals surface area contributed by atoms with E-state index in [4.69, 9.17) is 23.2 Å². The number of benzene rings is 1. The zero-order chi connectivity index (χ0) is 13.9. The minimum atomic E-state index is -3.61. The van der Waals surface area contributed by atoms with Crippen molar-refractivity contribution < 1.29 is 8.42 Å². The van der Waals surface area contributed by atoms with E-state index in [-0.39, 0.29) is 16.6 Å². The first kappa shape index (κ1) is 14.3. The maximum atomic E-state index is 12.0. The van der Waals surface area contributed by atoms with Crippen molar-refractivity contribution in [3.8, 4) is 0 Å². The molecule has 0 unspecified atom stereocenters. The van der Waals surface area contributed by atoms with Gasteiger partial charge in [-0.1, -0.05) is 35.3 Å². The van der Waals surface area contributed by atoms with Gasteiger partial charge in [0.25, 0.3) is 0 Å². The van der Waals surface area contributed by atoms with Crippen molar-refractivity contribution in [3.05, 3.63) is 58.3 Å². The van der Waals surface area contributed by atoms with Crippen LogP contribution in [0.25, 0.3) is 0 Å². The van der Waals surface area contributed by atoms with Crippen molar-refractivity contribution in [3.63, 3.8) is 0 Å². The maximum absolute atomic E-state index is 12.0. The molecule has 19 heavy (non-hydrogen) atoms. The molecule has 1 heterocycles. The van der Waals surface area contributed by atoms with Crippen molar-refractivity contribution in [2.45, 2.75) is 11.4 Å². The molecule has 0 atom stereocenters. The molecule has 0 amide bonds. The van der Waals surface area contributed by atoms with Crippen molar-refractivity contribution in [1.82, 2.24) is 9.71 Å². The molecule has 0 saturated carbocycles. The van der Waals surface area contributed by atoms with E-state index >= 15 is 0 Å². The van der Waals surface area contributed by atoms with Crippen LogP contribution in [0.5, 0.6) is 0 Å². The molecule has 2 rings (SSSR count). The maximum Gasteiger partial charge on any atom is 0.241 e. The van der Waals surface area contributed by atoms with Gasteiger partial charge in [-0.3, -0.25) is 0 Å². The van der Waals surface area contributed by atoms with Crippen LogP contribution in [0.15, 0.2) is 47.5 Å². The number of pyridine rings is 1. The summed E-state index contributed by atoms with van der Waals surface area (Å²) in [5, 5.41) is 0.689. The highest BCUT2D eigenvalue weighted by Crippen LogP contribution is 2.14. The van der Waals surface area contributed by atoms with Gasteiger partial charge in [0, 0.05) is 17.8 Å². The molecule has 1 aromatic heterocycles. The van der Waals surface area contributed by atoms with Gasteiger partial charge < -0.3 is 0 Å². The average molecular weight is 317 g/mol. The number of aromatic nitrogens is 1. The van der Waals surface area contributed by atoms with Crippen LogP contribution >= 0.6 is 23.2 Å². The summed E-state index contributed by atoms with van der Waals surface area (Å²) in [6.07, 6.45) is 1.34. The van der Waals surface area contributed by atoms with Gasteiger partial charge in [0.2, 0.25) is 10.0 Å². The second-order valence-electron chi connectivity index (χ2n) is 3.77. The third kappa shape index (κ3) is 3.91. The van der Waals surface area contributed by atoms with Gasteiger partial charge in [0.15, 0.2) is 0 Å². The number of nitrogens with one attached hydrogen (secondary N) is 1. The lowest BCUT2D eigenvalue weighted by atomic mass is 10.2. The summed E-state index contributed by atoms with van der Waals surface area (Å²) < 4.78 is 26.5. The summed E-state index contributed by atoms with van der Waals surface area (Å²) in [5.74, 6) is 0. The summed E-state index contributed by atoms with van der Waals surface area (Å²) in [6, 6.07) is 9.64. The molecule has 4 nitrogen and oxygen atoms in total. The van der Waals surface area contributed by atoms with Crippen molar-refractivity contribution in [2.24, 2.45) is 0 Å². The molecule has 0 radical (unpaired) electrons. The molecule has 0 bridgehead atoms. The highest BCUT2D eigenvalue weighted by atomic mass is 35.5. The summed E-state index contributed by atoms with van der Waals surface area (Å²) in [5.41, 5.74) is 0.774. The fraction of sp³-hybridized carbons (Fsp3) is 0.0833. The predicted octanol–water partition coefficient (Wildman–Crippen LogP) is 2.87. The number of nitrogens with zero attached hydrogens (tertiary/aromatic N) is 1. The number of sulfonamides is 1. The standard InChI is InChI=1S/C12H10Cl2N2O2S/c13-10-3-1-2-9(6-10)8-16-19(17,18)11-4-5-15-12(14)7-11/h1-7,16H,8H2. The first-order valence-corrected chi connectivity index (χ1v) is 7.57. The van der Waals surface area contributed by atoms with Crippen molar-refractivity contribution >= 4 is 33.2 Å². The topological polar surface area (TPSA) is 59.1 Å². The first-order chi connectivity index (χ1) is 8.97. The summed E-state index contributed by atoms with van der Waals surface area (Å²) >= 11 is 11.5. The Hall–Kier alpha value is -1.14. The van der Waals surface area contributed by atoms with E-state index in [0.29, 0.717) is 5.02 Å². The number of hydrogen-bond acceptors (Lipinski definition) is 3. The Balaban J connectivity index is 2.14. The largest absolute Gasteiger partial charge is 0.244 e. The number of hydrogen-bond donors (Lipinski definition) is 1. The molecule has 0 aliphatic carbocycles. The molecule has 1 aromatic carbocycles. The third-order valence-corrected chi connectivity index (χ3v) is 4.20. The van der Waals surface area contributed by atoms with Gasteiger partial charge >= 0.3 is 0 Å². The highest BCUT2D eigenvalue weighted by molar-refractivity contribution is 7.89. The van der Waals surface area contributed by atoms with Crippen LogP contribution in [-0.4, -0.2) is 13.4 Å². The lowest BCUT2D eigenvalue weighted by Crippen LogP contribution is -2.23. The summed E-state index contributed by atoms with van der Waals surface area (Å²) in [6.45, 7) is 0.156. The Morgan fingerprint density at radius 3 is 2.63 bits per heavy atom. The predicted molar refractivity (Wildman–Crippen MR) is 74.7 cm³/mol. The van der Waals surface area contributed by atoms with Gasteiger partial charge in [-0.15, -0.1) is 0 Å². The van der Waals surface area contributed by atoms with Crippen LogP contribution in [0, 0.1) is 0 Å². The molecule has 0 aliphatic rings. The second kappa shape index (κ2) is 5.88. The summed E-state index contributed by atoms with van der Waals surface area (Å²) in [7, 11) is -3.61. The number of rotatable bonds is 4. The van der Waals surface area contributed by atoms with Crippen LogP contribution in [-0.2, 0) is 16.6 Å². The second-order valence-corrected chi connectivity index (χ2v) is 6.36. The van der Waals surface area contributed by atoms with Crippen molar-refractivity contribution in [1.29, 1.82) is 0 Å². The summed E-state index contributed by atoms with van der Waals surface area (Å²) in [4.78, 5) is 3.82. The van der Waals surface area contributed by atoms with E-state index in [0.717, 1.165) is 5.56 Å². The molecule has 0 saturated heterocycles. The SMILES string of the molecule is O=S(=O)(NCc1cccc(Cl)c1)c1ccnc(Cl)c1. The molecule has 2 aromatic rings. The quantitative estimate of drug-likeness (QED) is 0.882. The molecule has 0 fully saturated rings. The fourth-order valence-electron chi connectivity index (χ4n) is 1.46. The average Bonchev–Trinajstić information content (AvgIpc) is 2.37. The Labute approximate surface area is 121 Å². The minimum Gasteiger partial charge on any atom is -0.244 e. The van der Waals surface area contributed by atoms with E-state index in [1.165, 1.54) is 18.3 Å². The Morgan fingerprint density at radius 1 is 1.16 bits per heavy atom. The van der Waals surface area contributed by atoms with Crippen LogP contribution in [0.2, 0.25) is 10.2 Å². The lowest BCUT2D eigenvalue weighted by Gasteiger charge is -2.07. The lowest BCUT2D eigenvalue weighted by molar-refractivity contribution is 0.581. The van der Waals surface area contributed by atoms with Gasteiger partial charge in [-0.05, 0) is 29.8 Å². The van der Waals surface area contributed by atoms with E-state index in [1.54, 1.807) is 24.3 Å². The van der Waals surface area contributed by atoms with Crippen molar-refractivity contribution in [2.75, 3.05) is 0 Å². The zero-order valence-corrected chi connectivity index (χ0v) is 12.0. The zero-order valence-electron chi connectivity index (χ0n) is 9.68. The van der Waals surface area contributed by atoms with Gasteiger partial charge in [0.05, 0.1) is 4.90 Å². The van der Waals surface area contributed by atoms with Gasteiger partial charge in [0.1, 0.15) is 5.15 Å². The van der Waals surface area contributed by atoms with Crippen LogP contribution in [0.1, 0.15) is 5.56 Å². The number of halogens is 2. The van der Waals surface area contributed by atoms with Crippen LogP contribution in [0.3, 0.4) is 0 Å². The highest BCUT2D eigenvalue weighted by Gasteiger charge is 2.14. The normalized spacial score (nSPS) is 11.5. The molecule has 100 valence electrons. The molecule has 0 spiro atoms. The Morgan fingerprint density at radius 2 is 1.95 bits per heavy atom. The first-order valence-electron chi connectivity index (χ1n) is 5.33. The smallest absolute Gasteiger partial charge is 0.241 e. The third-order valence-electron chi connectivity index (χ3n) is 2.36. The van der Waals surface area contributed by atoms with E-state index in [2.05, 4.69) is 9.71 Å². The monoisotopic (exact) mass is 316 g/mol. The van der Waals surface area contributed by atoms with Crippen LogP contribution in [0.4, 0.5) is 0 Å². The van der Waals surface area contributed by atoms with E-state index in [1.807, 2.05) is 0 Å². The fourth-order valence-corrected chi connectivity index (χ4v) is 2.94. The van der Waals surface area contributed by atoms with Crippen LogP contribution < -0.4 is 4.72 Å². The Kier molecular flexibility index (Phi) is 4.42. The van der Waals surface area contributed by atoms with E-state index < -0.39 is 10.0 Å². The molecular weight excluding hydrogens is 307 g/mol. The van der Waals surface area contributed by atoms with Gasteiger partial charge in [-0.25, -0.2) is 18.1 Å².